The van der Waals surface area contributed by atoms with Crippen molar-refractivity contribution in [2.45, 2.75) is 31.9 Å². The molecule has 5 nitrogen and oxygen atoms in total. The fraction of sp³-hybridized carbons (Fsp3) is 0.778. The average molecular weight is 196 g/mol. The van der Waals surface area contributed by atoms with Gasteiger partial charge in [0.05, 0.1) is 0 Å². The van der Waals surface area contributed by atoms with Gasteiger partial charge in [-0.2, -0.15) is 0 Å². The zero-order valence-corrected chi connectivity index (χ0v) is 8.60. The highest BCUT2D eigenvalue weighted by Crippen LogP contribution is 2.37. The van der Waals surface area contributed by atoms with Gasteiger partial charge in [0.1, 0.15) is 11.9 Å². The minimum atomic E-state index is -0.128. The maximum absolute atomic E-state index is 5.61. The van der Waals surface area contributed by atoms with E-state index in [1.807, 2.05) is 6.92 Å². The topological polar surface area (TPSA) is 66.0 Å². The van der Waals surface area contributed by atoms with Crippen LogP contribution in [0.3, 0.4) is 0 Å². The number of hydrogen-bond donors (Lipinski definition) is 1. The molecule has 2 rings (SSSR count). The van der Waals surface area contributed by atoms with Crippen molar-refractivity contribution < 1.29 is 4.74 Å². The van der Waals surface area contributed by atoms with Gasteiger partial charge >= 0.3 is 0 Å². The number of aromatic nitrogens is 3. The molecule has 1 saturated carbocycles. The van der Waals surface area contributed by atoms with Crippen molar-refractivity contribution in [3.63, 3.8) is 0 Å². The third kappa shape index (κ3) is 1.53. The van der Waals surface area contributed by atoms with Crippen LogP contribution in [-0.4, -0.2) is 28.4 Å². The summed E-state index contributed by atoms with van der Waals surface area (Å²) in [6.07, 6.45) is 2.30. The smallest absolute Gasteiger partial charge is 0.163 e. The molecule has 1 aliphatic carbocycles. The van der Waals surface area contributed by atoms with E-state index < -0.39 is 0 Å². The first-order valence-corrected chi connectivity index (χ1v) is 4.92. The number of hydrogen-bond acceptors (Lipinski definition) is 4. The lowest BCUT2D eigenvalue weighted by Gasteiger charge is -2.14. The van der Waals surface area contributed by atoms with E-state index in [2.05, 4.69) is 14.8 Å². The zero-order chi connectivity index (χ0) is 10.1. The predicted octanol–water partition coefficient (Wildman–Crippen LogP) is 0.568. The molecule has 0 saturated heterocycles. The van der Waals surface area contributed by atoms with Gasteiger partial charge in [0, 0.05) is 19.7 Å². The van der Waals surface area contributed by atoms with Crippen molar-refractivity contribution in [1.82, 2.24) is 14.8 Å². The molecule has 1 heterocycles. The molecule has 0 aromatic carbocycles. The highest BCUT2D eigenvalue weighted by Gasteiger charge is 2.30. The third-order valence-electron chi connectivity index (χ3n) is 2.59. The molecule has 1 unspecified atom stereocenters. The van der Waals surface area contributed by atoms with Crippen LogP contribution in [0.15, 0.2) is 0 Å². The van der Waals surface area contributed by atoms with Crippen LogP contribution in [-0.2, 0) is 4.74 Å². The number of methoxy groups -OCH3 is 1. The Morgan fingerprint density at radius 2 is 2.29 bits per heavy atom. The first kappa shape index (κ1) is 9.61. The summed E-state index contributed by atoms with van der Waals surface area (Å²) in [6.45, 7) is 2.42. The first-order chi connectivity index (χ1) is 6.77. The minimum absolute atomic E-state index is 0.128. The second-order valence-corrected chi connectivity index (χ2v) is 3.67. The molecular weight excluding hydrogens is 180 g/mol. The van der Waals surface area contributed by atoms with Crippen LogP contribution in [0.25, 0.3) is 0 Å². The van der Waals surface area contributed by atoms with Crippen LogP contribution < -0.4 is 5.73 Å². The van der Waals surface area contributed by atoms with E-state index in [-0.39, 0.29) is 6.10 Å². The van der Waals surface area contributed by atoms with Crippen molar-refractivity contribution in [2.24, 2.45) is 5.73 Å². The van der Waals surface area contributed by atoms with Crippen LogP contribution in [0, 0.1) is 6.92 Å². The molecule has 14 heavy (non-hydrogen) atoms. The fourth-order valence-corrected chi connectivity index (χ4v) is 1.70. The first-order valence-electron chi connectivity index (χ1n) is 4.92. The molecule has 1 fully saturated rings. The number of aryl methyl sites for hydroxylation is 1. The van der Waals surface area contributed by atoms with Crippen LogP contribution in [0.4, 0.5) is 0 Å². The Hall–Kier alpha value is -0.940. The molecule has 0 bridgehead atoms. The minimum Gasteiger partial charge on any atom is -0.372 e. The summed E-state index contributed by atoms with van der Waals surface area (Å²) in [5, 5.41) is 8.20. The Morgan fingerprint density at radius 3 is 2.79 bits per heavy atom. The Morgan fingerprint density at radius 1 is 1.57 bits per heavy atom. The predicted molar refractivity (Wildman–Crippen MR) is 51.8 cm³/mol. The Bertz CT molecular complexity index is 315. The largest absolute Gasteiger partial charge is 0.372 e. The summed E-state index contributed by atoms with van der Waals surface area (Å²) in [5.74, 6) is 1.83. The Labute approximate surface area is 83.3 Å². The number of nitrogens with zero attached hydrogens (tertiary/aromatic N) is 3. The summed E-state index contributed by atoms with van der Waals surface area (Å²) in [4.78, 5) is 0. The monoisotopic (exact) mass is 196 g/mol. The van der Waals surface area contributed by atoms with Gasteiger partial charge in [-0.25, -0.2) is 0 Å². The van der Waals surface area contributed by atoms with Crippen LogP contribution in [0.5, 0.6) is 0 Å². The SMILES string of the molecule is COC(CN)c1nnc(C)n1C1CC1. The van der Waals surface area contributed by atoms with Crippen molar-refractivity contribution in [2.75, 3.05) is 13.7 Å². The second-order valence-electron chi connectivity index (χ2n) is 3.67. The lowest BCUT2D eigenvalue weighted by atomic mass is 10.3. The van der Waals surface area contributed by atoms with Gasteiger partial charge in [0.15, 0.2) is 5.82 Å². The van der Waals surface area contributed by atoms with Gasteiger partial charge < -0.3 is 15.0 Å². The molecule has 2 N–H and O–H groups in total. The van der Waals surface area contributed by atoms with E-state index in [1.165, 1.54) is 12.8 Å². The molecule has 5 heteroatoms. The van der Waals surface area contributed by atoms with E-state index in [0.717, 1.165) is 11.6 Å². The van der Waals surface area contributed by atoms with Crippen LogP contribution in [0.1, 0.15) is 36.6 Å². The van der Waals surface area contributed by atoms with Crippen LogP contribution in [0.2, 0.25) is 0 Å². The van der Waals surface area contributed by atoms with Crippen molar-refractivity contribution >= 4 is 0 Å². The van der Waals surface area contributed by atoms with E-state index in [0.29, 0.717) is 12.6 Å². The second kappa shape index (κ2) is 3.67. The lowest BCUT2D eigenvalue weighted by molar-refractivity contribution is 0.0991. The lowest BCUT2D eigenvalue weighted by Crippen LogP contribution is -2.19. The molecule has 1 aromatic heterocycles. The van der Waals surface area contributed by atoms with E-state index in [1.54, 1.807) is 7.11 Å². The molecule has 0 spiro atoms. The number of ether oxygens (including phenoxy) is 1. The standard InChI is InChI=1S/C9H16N4O/c1-6-11-12-9(8(5-10)14-2)13(6)7-3-4-7/h7-8H,3-5,10H2,1-2H3. The molecule has 1 atom stereocenters. The molecular formula is C9H16N4O. The van der Waals surface area contributed by atoms with Gasteiger partial charge in [-0.05, 0) is 19.8 Å². The normalized spacial score (nSPS) is 18.5. The fourth-order valence-electron chi connectivity index (χ4n) is 1.70. The summed E-state index contributed by atoms with van der Waals surface area (Å²) in [7, 11) is 1.65. The van der Waals surface area contributed by atoms with Gasteiger partial charge in [0.25, 0.3) is 0 Å². The van der Waals surface area contributed by atoms with Crippen molar-refractivity contribution in [3.05, 3.63) is 11.6 Å². The maximum atomic E-state index is 5.61. The van der Waals surface area contributed by atoms with Gasteiger partial charge in [-0.3, -0.25) is 0 Å². The van der Waals surface area contributed by atoms with Gasteiger partial charge in [-0.1, -0.05) is 0 Å². The molecule has 0 radical (unpaired) electrons. The quantitative estimate of drug-likeness (QED) is 0.764. The maximum Gasteiger partial charge on any atom is 0.163 e. The van der Waals surface area contributed by atoms with Gasteiger partial charge in [-0.15, -0.1) is 10.2 Å². The summed E-state index contributed by atoms with van der Waals surface area (Å²) < 4.78 is 7.42. The highest BCUT2D eigenvalue weighted by molar-refractivity contribution is 5.04. The van der Waals surface area contributed by atoms with E-state index in [4.69, 9.17) is 10.5 Å². The molecule has 1 aliphatic rings. The van der Waals surface area contributed by atoms with E-state index in [9.17, 15) is 0 Å². The highest BCUT2D eigenvalue weighted by atomic mass is 16.5. The Balaban J connectivity index is 2.31. The number of rotatable bonds is 4. The number of nitrogens with two attached hydrogens (primary N) is 1. The Kier molecular flexibility index (Phi) is 2.52. The molecule has 0 amide bonds. The average Bonchev–Trinajstić information content (AvgIpc) is 2.95. The van der Waals surface area contributed by atoms with Gasteiger partial charge in [0.2, 0.25) is 0 Å². The molecule has 0 aliphatic heterocycles. The summed E-state index contributed by atoms with van der Waals surface area (Å²) in [6, 6.07) is 0.573. The van der Waals surface area contributed by atoms with E-state index >= 15 is 0 Å². The zero-order valence-electron chi connectivity index (χ0n) is 8.60. The molecule has 78 valence electrons. The third-order valence-corrected chi connectivity index (χ3v) is 2.59. The summed E-state index contributed by atoms with van der Waals surface area (Å²) in [5.41, 5.74) is 5.61. The van der Waals surface area contributed by atoms with Crippen molar-refractivity contribution in [1.29, 1.82) is 0 Å². The summed E-state index contributed by atoms with van der Waals surface area (Å²) >= 11 is 0. The van der Waals surface area contributed by atoms with Crippen molar-refractivity contribution in [3.8, 4) is 0 Å². The molecule has 1 aromatic rings. The van der Waals surface area contributed by atoms with Crippen LogP contribution >= 0.6 is 0 Å².